The van der Waals surface area contributed by atoms with Gasteiger partial charge in [-0.15, -0.1) is 0 Å². The van der Waals surface area contributed by atoms with Crippen molar-refractivity contribution < 1.29 is 14.4 Å². The van der Waals surface area contributed by atoms with Crippen molar-refractivity contribution in [3.8, 4) is 5.75 Å². The summed E-state index contributed by atoms with van der Waals surface area (Å²) in [5.74, 6) is 2.56. The first-order chi connectivity index (χ1) is 11.1. The number of nitrogens with one attached hydrogen (secondary N) is 1. The number of likely N-dealkylation sites (tertiary alicyclic amines) is 1. The Bertz CT molecular complexity index is 470. The smallest absolute Gasteiger partial charge is 0.119 e. The van der Waals surface area contributed by atoms with Gasteiger partial charge in [0.05, 0.1) is 26.3 Å². The van der Waals surface area contributed by atoms with E-state index in [4.69, 9.17) is 21.1 Å². The minimum Gasteiger partial charge on any atom is -0.491 e. The number of ether oxygens (including phenoxy) is 2. The molecular formula is C19H31ClNO2+. The van der Waals surface area contributed by atoms with E-state index in [0.717, 1.165) is 47.7 Å². The first-order valence-corrected chi connectivity index (χ1v) is 9.28. The molecule has 4 heteroatoms. The van der Waals surface area contributed by atoms with Crippen molar-refractivity contribution in [2.75, 3.05) is 39.5 Å². The molecule has 0 bridgehead atoms. The zero-order chi connectivity index (χ0) is 16.7. The summed E-state index contributed by atoms with van der Waals surface area (Å²) in [4.78, 5) is 1.68. The maximum absolute atomic E-state index is 6.11. The molecule has 0 amide bonds. The largest absolute Gasteiger partial charge is 0.491 e. The maximum Gasteiger partial charge on any atom is 0.119 e. The van der Waals surface area contributed by atoms with Crippen LogP contribution in [0.5, 0.6) is 5.75 Å². The monoisotopic (exact) mass is 340 g/mol. The fourth-order valence-electron chi connectivity index (χ4n) is 3.58. The number of benzene rings is 1. The number of piperidine rings is 1. The molecule has 1 aromatic carbocycles. The van der Waals surface area contributed by atoms with Crippen molar-refractivity contribution in [1.82, 2.24) is 0 Å². The fourth-order valence-corrected chi connectivity index (χ4v) is 3.83. The summed E-state index contributed by atoms with van der Waals surface area (Å²) in [5, 5.41) is 0.809. The van der Waals surface area contributed by atoms with Crippen LogP contribution in [0.1, 0.15) is 32.8 Å². The van der Waals surface area contributed by atoms with Gasteiger partial charge in [-0.3, -0.25) is 0 Å². The molecule has 0 aliphatic carbocycles. The van der Waals surface area contributed by atoms with E-state index in [1.807, 2.05) is 18.2 Å². The molecule has 0 spiro atoms. The molecule has 23 heavy (non-hydrogen) atoms. The van der Waals surface area contributed by atoms with Crippen LogP contribution in [0.2, 0.25) is 5.02 Å². The van der Waals surface area contributed by atoms with Gasteiger partial charge < -0.3 is 14.4 Å². The normalized spacial score (nSPS) is 24.6. The van der Waals surface area contributed by atoms with Crippen LogP contribution in [0.25, 0.3) is 0 Å². The SMILES string of the molecule is CCc1cc(OCCOCC[NH+]2C[C@H](C)C[C@@H](C)C2)ccc1Cl. The van der Waals surface area contributed by atoms with Gasteiger partial charge in [0.2, 0.25) is 0 Å². The summed E-state index contributed by atoms with van der Waals surface area (Å²) in [6, 6.07) is 5.84. The number of quaternary nitrogens is 1. The molecule has 0 saturated carbocycles. The van der Waals surface area contributed by atoms with E-state index in [0.29, 0.717) is 13.2 Å². The Hall–Kier alpha value is -0.770. The van der Waals surface area contributed by atoms with Gasteiger partial charge in [0, 0.05) is 16.9 Å². The Labute approximate surface area is 145 Å². The van der Waals surface area contributed by atoms with Crippen LogP contribution in [-0.2, 0) is 11.2 Å². The molecule has 1 saturated heterocycles. The standard InChI is InChI=1S/C19H30ClNO2/c1-4-17-12-18(5-6-19(17)20)23-10-9-22-8-7-21-13-15(2)11-16(3)14-21/h5-6,12,15-16H,4,7-11,13-14H2,1-3H3/p+1/t15-,16-/m1/s1. The third kappa shape index (κ3) is 6.33. The van der Waals surface area contributed by atoms with E-state index in [1.54, 1.807) is 4.90 Å². The van der Waals surface area contributed by atoms with Crippen molar-refractivity contribution in [2.24, 2.45) is 11.8 Å². The fraction of sp³-hybridized carbons (Fsp3) is 0.684. The molecule has 1 N–H and O–H groups in total. The molecule has 1 heterocycles. The minimum atomic E-state index is 0.590. The maximum atomic E-state index is 6.11. The molecule has 1 aromatic rings. The molecule has 2 atom stereocenters. The van der Waals surface area contributed by atoms with Gasteiger partial charge in [-0.1, -0.05) is 32.4 Å². The number of halogens is 1. The van der Waals surface area contributed by atoms with Gasteiger partial charge in [-0.2, -0.15) is 0 Å². The summed E-state index contributed by atoms with van der Waals surface area (Å²) in [7, 11) is 0. The summed E-state index contributed by atoms with van der Waals surface area (Å²) in [6.45, 7) is 12.5. The molecule has 2 rings (SSSR count). The highest BCUT2D eigenvalue weighted by molar-refractivity contribution is 6.31. The molecule has 1 aliphatic heterocycles. The molecule has 130 valence electrons. The topological polar surface area (TPSA) is 22.9 Å². The van der Waals surface area contributed by atoms with Crippen LogP contribution in [0, 0.1) is 11.8 Å². The predicted molar refractivity (Wildman–Crippen MR) is 95.7 cm³/mol. The number of hydrogen-bond acceptors (Lipinski definition) is 2. The van der Waals surface area contributed by atoms with Gasteiger partial charge >= 0.3 is 0 Å². The molecule has 0 unspecified atom stereocenters. The van der Waals surface area contributed by atoms with Crippen LogP contribution in [0.15, 0.2) is 18.2 Å². The van der Waals surface area contributed by atoms with Crippen molar-refractivity contribution in [3.05, 3.63) is 28.8 Å². The Morgan fingerprint density at radius 3 is 2.57 bits per heavy atom. The molecule has 0 aromatic heterocycles. The Kier molecular flexibility index (Phi) is 7.68. The molecule has 1 fully saturated rings. The second-order valence-electron chi connectivity index (χ2n) is 6.92. The second-order valence-corrected chi connectivity index (χ2v) is 7.33. The van der Waals surface area contributed by atoms with E-state index in [1.165, 1.54) is 19.5 Å². The summed E-state index contributed by atoms with van der Waals surface area (Å²) >= 11 is 6.11. The zero-order valence-electron chi connectivity index (χ0n) is 14.7. The number of hydrogen-bond donors (Lipinski definition) is 1. The lowest BCUT2D eigenvalue weighted by Gasteiger charge is -2.31. The second kappa shape index (κ2) is 9.51. The van der Waals surface area contributed by atoms with Crippen LogP contribution >= 0.6 is 11.6 Å². The lowest BCUT2D eigenvalue weighted by molar-refractivity contribution is -0.912. The third-order valence-corrected chi connectivity index (χ3v) is 4.94. The summed E-state index contributed by atoms with van der Waals surface area (Å²) in [5.41, 5.74) is 1.13. The van der Waals surface area contributed by atoms with Crippen molar-refractivity contribution in [3.63, 3.8) is 0 Å². The van der Waals surface area contributed by atoms with Crippen LogP contribution < -0.4 is 9.64 Å². The van der Waals surface area contributed by atoms with Gasteiger partial charge in [-0.25, -0.2) is 0 Å². The van der Waals surface area contributed by atoms with Gasteiger partial charge in [-0.05, 0) is 36.6 Å². The van der Waals surface area contributed by atoms with Crippen molar-refractivity contribution in [1.29, 1.82) is 0 Å². The predicted octanol–water partition coefficient (Wildman–Crippen LogP) is 2.86. The minimum absolute atomic E-state index is 0.590. The lowest BCUT2D eigenvalue weighted by Crippen LogP contribution is -3.14. The van der Waals surface area contributed by atoms with E-state index >= 15 is 0 Å². The first kappa shape index (κ1) is 18.6. The van der Waals surface area contributed by atoms with E-state index in [9.17, 15) is 0 Å². The average molecular weight is 341 g/mol. The molecule has 1 aliphatic rings. The van der Waals surface area contributed by atoms with Crippen LogP contribution in [0.4, 0.5) is 0 Å². The van der Waals surface area contributed by atoms with Crippen molar-refractivity contribution >= 4 is 11.6 Å². The molecular weight excluding hydrogens is 310 g/mol. The zero-order valence-corrected chi connectivity index (χ0v) is 15.5. The summed E-state index contributed by atoms with van der Waals surface area (Å²) in [6.07, 6.45) is 2.29. The lowest BCUT2D eigenvalue weighted by atomic mass is 9.92. The molecule has 3 nitrogen and oxygen atoms in total. The Morgan fingerprint density at radius 1 is 1.13 bits per heavy atom. The van der Waals surface area contributed by atoms with Crippen molar-refractivity contribution in [2.45, 2.75) is 33.6 Å². The number of aryl methyl sites for hydroxylation is 1. The highest BCUT2D eigenvalue weighted by atomic mass is 35.5. The third-order valence-electron chi connectivity index (χ3n) is 4.57. The van der Waals surface area contributed by atoms with E-state index in [2.05, 4.69) is 20.8 Å². The van der Waals surface area contributed by atoms with E-state index in [-0.39, 0.29) is 0 Å². The Morgan fingerprint density at radius 2 is 1.87 bits per heavy atom. The average Bonchev–Trinajstić information content (AvgIpc) is 2.51. The van der Waals surface area contributed by atoms with Gasteiger partial charge in [0.1, 0.15) is 18.9 Å². The van der Waals surface area contributed by atoms with Gasteiger partial charge in [0.15, 0.2) is 0 Å². The van der Waals surface area contributed by atoms with Gasteiger partial charge in [0.25, 0.3) is 0 Å². The quantitative estimate of drug-likeness (QED) is 0.735. The van der Waals surface area contributed by atoms with Crippen LogP contribution in [-0.4, -0.2) is 39.5 Å². The van der Waals surface area contributed by atoms with Crippen LogP contribution in [0.3, 0.4) is 0 Å². The Balaban J connectivity index is 1.59. The highest BCUT2D eigenvalue weighted by Gasteiger charge is 2.24. The first-order valence-electron chi connectivity index (χ1n) is 8.91. The summed E-state index contributed by atoms with van der Waals surface area (Å²) < 4.78 is 11.5. The molecule has 0 radical (unpaired) electrons. The van der Waals surface area contributed by atoms with E-state index < -0.39 is 0 Å². The highest BCUT2D eigenvalue weighted by Crippen LogP contribution is 2.22. The number of rotatable bonds is 8.